The summed E-state index contributed by atoms with van der Waals surface area (Å²) in [4.78, 5) is 38.2. The number of rotatable bonds is 5. The van der Waals surface area contributed by atoms with Gasteiger partial charge in [-0.3, -0.25) is 19.3 Å². The molecule has 1 aromatic rings. The summed E-state index contributed by atoms with van der Waals surface area (Å²) in [6.07, 6.45) is 6.04. The zero-order valence-corrected chi connectivity index (χ0v) is 14.7. The third kappa shape index (κ3) is 3.81. The van der Waals surface area contributed by atoms with Crippen LogP contribution in [0, 0.1) is 25.7 Å². The van der Waals surface area contributed by atoms with Crippen molar-refractivity contribution in [3.8, 4) is 0 Å². The van der Waals surface area contributed by atoms with Crippen molar-refractivity contribution in [2.75, 3.05) is 11.9 Å². The van der Waals surface area contributed by atoms with Crippen LogP contribution in [-0.2, 0) is 14.4 Å². The highest BCUT2D eigenvalue weighted by molar-refractivity contribution is 6.05. The smallest absolute Gasteiger partial charge is 0.233 e. The first-order chi connectivity index (χ1) is 12.0. The number of fused-ring (bicyclic) bond motifs is 1. The average Bonchev–Trinajstić information content (AvgIpc) is 2.79. The first-order valence-electron chi connectivity index (χ1n) is 8.84. The van der Waals surface area contributed by atoms with Gasteiger partial charge in [0.2, 0.25) is 17.7 Å². The van der Waals surface area contributed by atoms with Crippen LogP contribution in [-0.4, -0.2) is 29.2 Å². The van der Waals surface area contributed by atoms with Crippen molar-refractivity contribution in [2.24, 2.45) is 11.8 Å². The molecule has 3 rings (SSSR count). The first-order valence-corrected chi connectivity index (χ1v) is 8.84. The summed E-state index contributed by atoms with van der Waals surface area (Å²) in [6, 6.07) is 5.90. The van der Waals surface area contributed by atoms with E-state index in [0.29, 0.717) is 25.8 Å². The van der Waals surface area contributed by atoms with Gasteiger partial charge in [0.15, 0.2) is 0 Å². The van der Waals surface area contributed by atoms with Crippen molar-refractivity contribution in [2.45, 2.75) is 39.5 Å². The lowest BCUT2D eigenvalue weighted by atomic mass is 9.85. The van der Waals surface area contributed by atoms with E-state index in [4.69, 9.17) is 0 Å². The largest absolute Gasteiger partial charge is 0.326 e. The van der Waals surface area contributed by atoms with Gasteiger partial charge in [0, 0.05) is 18.7 Å². The zero-order chi connectivity index (χ0) is 18.0. The van der Waals surface area contributed by atoms with E-state index in [1.54, 1.807) is 0 Å². The van der Waals surface area contributed by atoms with Crippen LogP contribution < -0.4 is 5.32 Å². The van der Waals surface area contributed by atoms with E-state index in [2.05, 4.69) is 11.4 Å². The fourth-order valence-electron chi connectivity index (χ4n) is 3.76. The van der Waals surface area contributed by atoms with Crippen LogP contribution in [0.5, 0.6) is 0 Å². The van der Waals surface area contributed by atoms with Gasteiger partial charge in [0.05, 0.1) is 11.8 Å². The van der Waals surface area contributed by atoms with Crippen LogP contribution >= 0.6 is 0 Å². The Morgan fingerprint density at radius 2 is 1.60 bits per heavy atom. The van der Waals surface area contributed by atoms with E-state index < -0.39 is 0 Å². The van der Waals surface area contributed by atoms with Gasteiger partial charge < -0.3 is 5.32 Å². The molecule has 1 N–H and O–H groups in total. The molecule has 2 atom stereocenters. The van der Waals surface area contributed by atoms with Gasteiger partial charge in [0.25, 0.3) is 0 Å². The molecule has 1 aliphatic heterocycles. The molecule has 5 nitrogen and oxygen atoms in total. The van der Waals surface area contributed by atoms with Crippen molar-refractivity contribution < 1.29 is 14.4 Å². The lowest BCUT2D eigenvalue weighted by Crippen LogP contribution is -2.32. The Hall–Kier alpha value is -2.43. The van der Waals surface area contributed by atoms with Crippen LogP contribution in [0.3, 0.4) is 0 Å². The molecule has 0 saturated carbocycles. The third-order valence-corrected chi connectivity index (χ3v) is 4.89. The molecule has 0 radical (unpaired) electrons. The monoisotopic (exact) mass is 340 g/mol. The second kappa shape index (κ2) is 7.21. The summed E-state index contributed by atoms with van der Waals surface area (Å²) in [7, 11) is 0. The number of likely N-dealkylation sites (tertiary alicyclic amines) is 1. The molecule has 1 heterocycles. The predicted molar refractivity (Wildman–Crippen MR) is 95.9 cm³/mol. The number of benzene rings is 1. The molecule has 0 spiro atoms. The summed E-state index contributed by atoms with van der Waals surface area (Å²) in [5.41, 5.74) is 2.98. The Labute approximate surface area is 148 Å². The van der Waals surface area contributed by atoms with Crippen molar-refractivity contribution in [1.82, 2.24) is 4.90 Å². The van der Waals surface area contributed by atoms with E-state index >= 15 is 0 Å². The number of allylic oxidation sites excluding steroid dienone is 2. The van der Waals surface area contributed by atoms with Crippen LogP contribution in [0.4, 0.5) is 5.69 Å². The van der Waals surface area contributed by atoms with E-state index in [0.717, 1.165) is 16.8 Å². The number of amides is 3. The minimum atomic E-state index is -0.193. The quantitative estimate of drug-likeness (QED) is 0.662. The van der Waals surface area contributed by atoms with Gasteiger partial charge in [-0.2, -0.15) is 0 Å². The number of carbonyl (C=O) groups excluding carboxylic acids is 3. The van der Waals surface area contributed by atoms with Crippen molar-refractivity contribution in [3.63, 3.8) is 0 Å². The van der Waals surface area contributed by atoms with Crippen molar-refractivity contribution >= 4 is 23.4 Å². The van der Waals surface area contributed by atoms with Crippen molar-refractivity contribution in [3.05, 3.63) is 41.5 Å². The van der Waals surface area contributed by atoms with Gasteiger partial charge in [-0.25, -0.2) is 0 Å². The number of hydrogen-bond acceptors (Lipinski definition) is 3. The Morgan fingerprint density at radius 1 is 1.04 bits per heavy atom. The molecular formula is C20H24N2O3. The maximum atomic E-state index is 12.4. The summed E-state index contributed by atoms with van der Waals surface area (Å²) in [6.45, 7) is 4.30. The Kier molecular flexibility index (Phi) is 5.02. The predicted octanol–water partition coefficient (Wildman–Crippen LogP) is 2.97. The molecule has 1 saturated heterocycles. The van der Waals surface area contributed by atoms with Crippen molar-refractivity contribution in [1.29, 1.82) is 0 Å². The molecule has 0 aromatic heterocycles. The number of aryl methyl sites for hydroxylation is 2. The average molecular weight is 340 g/mol. The third-order valence-electron chi connectivity index (χ3n) is 4.89. The lowest BCUT2D eigenvalue weighted by Gasteiger charge is -2.14. The lowest BCUT2D eigenvalue weighted by molar-refractivity contribution is -0.140. The molecule has 2 aliphatic rings. The number of nitrogens with zero attached hydrogens (tertiary/aromatic N) is 1. The maximum absolute atomic E-state index is 12.4. The van der Waals surface area contributed by atoms with Crippen LogP contribution in [0.25, 0.3) is 0 Å². The second-order valence-electron chi connectivity index (χ2n) is 7.01. The van der Waals surface area contributed by atoms with E-state index in [-0.39, 0.29) is 36.0 Å². The fraction of sp³-hybridized carbons (Fsp3) is 0.450. The van der Waals surface area contributed by atoms with Crippen LogP contribution in [0.1, 0.15) is 36.8 Å². The van der Waals surface area contributed by atoms with E-state index in [1.807, 2.05) is 38.1 Å². The first kappa shape index (κ1) is 17.4. The minimum Gasteiger partial charge on any atom is -0.326 e. The molecule has 5 heteroatoms. The molecule has 0 bridgehead atoms. The fourth-order valence-corrected chi connectivity index (χ4v) is 3.76. The normalized spacial score (nSPS) is 22.2. The molecule has 1 aliphatic carbocycles. The number of nitrogens with one attached hydrogen (secondary N) is 1. The van der Waals surface area contributed by atoms with Gasteiger partial charge in [0.1, 0.15) is 0 Å². The minimum absolute atomic E-state index is 0.0749. The zero-order valence-electron chi connectivity index (χ0n) is 14.7. The van der Waals surface area contributed by atoms with E-state index in [1.165, 1.54) is 4.90 Å². The molecule has 0 unspecified atom stereocenters. The van der Waals surface area contributed by atoms with Gasteiger partial charge >= 0.3 is 0 Å². The molecule has 132 valence electrons. The topological polar surface area (TPSA) is 66.5 Å². The molecular weight excluding hydrogens is 316 g/mol. The van der Waals surface area contributed by atoms with E-state index in [9.17, 15) is 14.4 Å². The highest BCUT2D eigenvalue weighted by Gasteiger charge is 2.46. The summed E-state index contributed by atoms with van der Waals surface area (Å²) in [5, 5.41) is 2.88. The Morgan fingerprint density at radius 3 is 2.16 bits per heavy atom. The number of imide groups is 1. The number of carbonyl (C=O) groups is 3. The molecule has 3 amide bonds. The highest BCUT2D eigenvalue weighted by atomic mass is 16.2. The summed E-state index contributed by atoms with van der Waals surface area (Å²) in [5.74, 6) is -0.630. The van der Waals surface area contributed by atoms with Crippen LogP contribution in [0.2, 0.25) is 0 Å². The Bertz CT molecular complexity index is 692. The molecule has 1 fully saturated rings. The second-order valence-corrected chi connectivity index (χ2v) is 7.01. The summed E-state index contributed by atoms with van der Waals surface area (Å²) >= 11 is 0. The SMILES string of the molecule is Cc1cc(C)cc(NC(=O)CCCN2C(=O)[C@@H]3CC=CC[C@H]3C2=O)c1. The van der Waals surface area contributed by atoms with Gasteiger partial charge in [-0.15, -0.1) is 0 Å². The highest BCUT2D eigenvalue weighted by Crippen LogP contribution is 2.35. The molecule has 1 aromatic carbocycles. The summed E-state index contributed by atoms with van der Waals surface area (Å²) < 4.78 is 0. The van der Waals surface area contributed by atoms with Gasteiger partial charge in [-0.05, 0) is 56.4 Å². The maximum Gasteiger partial charge on any atom is 0.233 e. The number of hydrogen-bond donors (Lipinski definition) is 1. The Balaban J connectivity index is 1.50. The number of anilines is 1. The molecule has 25 heavy (non-hydrogen) atoms. The van der Waals surface area contributed by atoms with Gasteiger partial charge in [-0.1, -0.05) is 18.2 Å². The standard InChI is InChI=1S/C20H24N2O3/c1-13-10-14(2)12-15(11-13)21-18(23)8-5-9-22-19(24)16-6-3-4-7-17(16)20(22)25/h3-4,10-12,16-17H,5-9H2,1-2H3,(H,21,23)/t16-,17-/m1/s1. The van der Waals surface area contributed by atoms with Crippen LogP contribution in [0.15, 0.2) is 30.4 Å².